The first kappa shape index (κ1) is 24.4. The number of nitrogens with one attached hydrogen (secondary N) is 1. The van der Waals surface area contributed by atoms with Gasteiger partial charge >= 0.3 is 0 Å². The first-order chi connectivity index (χ1) is 16.0. The van der Waals surface area contributed by atoms with Gasteiger partial charge in [0.05, 0.1) is 33.4 Å². The monoisotopic (exact) mass is 456 g/mol. The molecule has 0 saturated carbocycles. The Bertz CT molecular complexity index is 912. The lowest BCUT2D eigenvalue weighted by Crippen LogP contribution is -2.44. The summed E-state index contributed by atoms with van der Waals surface area (Å²) in [6.07, 6.45) is 0.566. The fourth-order valence-electron chi connectivity index (χ4n) is 3.87. The van der Waals surface area contributed by atoms with Gasteiger partial charge in [0.15, 0.2) is 0 Å². The molecular formula is C25H32N2O6. The Morgan fingerprint density at radius 1 is 1.06 bits per heavy atom. The fraction of sp³-hybridized carbons (Fsp3) is 0.440. The number of nitrogens with zero attached hydrogens (tertiary/aromatic N) is 1. The van der Waals surface area contributed by atoms with Gasteiger partial charge in [-0.1, -0.05) is 18.2 Å². The molecule has 8 heteroatoms. The first-order valence-corrected chi connectivity index (χ1v) is 11.1. The fourth-order valence-corrected chi connectivity index (χ4v) is 3.87. The lowest BCUT2D eigenvalue weighted by Gasteiger charge is -2.31. The van der Waals surface area contributed by atoms with Crippen molar-refractivity contribution in [1.29, 1.82) is 0 Å². The minimum absolute atomic E-state index is 0.0327. The predicted molar refractivity (Wildman–Crippen MR) is 123 cm³/mol. The van der Waals surface area contributed by atoms with E-state index in [1.165, 1.54) is 7.11 Å². The quantitative estimate of drug-likeness (QED) is 0.570. The van der Waals surface area contributed by atoms with Crippen LogP contribution in [0.1, 0.15) is 30.9 Å². The molecule has 2 N–H and O–H groups in total. The molecule has 1 heterocycles. The van der Waals surface area contributed by atoms with E-state index in [2.05, 4.69) is 5.32 Å². The summed E-state index contributed by atoms with van der Waals surface area (Å²) in [5.74, 6) is 1.60. The number of hydrogen-bond acceptors (Lipinski definition) is 6. The highest BCUT2D eigenvalue weighted by molar-refractivity contribution is 5.80. The molecule has 1 saturated heterocycles. The number of ether oxygens (including phenoxy) is 3. The number of carbonyl (C=O) groups is 2. The Kier molecular flexibility index (Phi) is 8.95. The zero-order chi connectivity index (χ0) is 23.6. The molecule has 0 bridgehead atoms. The van der Waals surface area contributed by atoms with E-state index < -0.39 is 6.10 Å². The summed E-state index contributed by atoms with van der Waals surface area (Å²) in [5, 5.41) is 13.4. The number of hydrogen-bond donors (Lipinski definition) is 2. The number of carbonyl (C=O) groups excluding carboxylic acids is 2. The molecule has 1 aliphatic rings. The highest BCUT2D eigenvalue weighted by atomic mass is 16.5. The van der Waals surface area contributed by atoms with Crippen LogP contribution in [0.4, 0.5) is 0 Å². The van der Waals surface area contributed by atoms with E-state index in [-0.39, 0.29) is 24.3 Å². The summed E-state index contributed by atoms with van der Waals surface area (Å²) in [6.45, 7) is 1.47. The van der Waals surface area contributed by atoms with E-state index in [4.69, 9.17) is 14.2 Å². The van der Waals surface area contributed by atoms with Gasteiger partial charge in [-0.2, -0.15) is 0 Å². The van der Waals surface area contributed by atoms with E-state index in [0.29, 0.717) is 56.0 Å². The number of aliphatic hydroxyl groups excluding tert-OH is 1. The third-order valence-electron chi connectivity index (χ3n) is 5.81. The van der Waals surface area contributed by atoms with Crippen LogP contribution in [0.3, 0.4) is 0 Å². The number of piperidine rings is 1. The van der Waals surface area contributed by atoms with Crippen molar-refractivity contribution in [3.05, 3.63) is 54.1 Å². The van der Waals surface area contributed by atoms with E-state index in [1.54, 1.807) is 30.2 Å². The molecule has 8 nitrogen and oxygen atoms in total. The highest BCUT2D eigenvalue weighted by Crippen LogP contribution is 2.29. The van der Waals surface area contributed by atoms with Crippen LogP contribution >= 0.6 is 0 Å². The second kappa shape index (κ2) is 12.1. The molecule has 2 aromatic carbocycles. The average Bonchev–Trinajstić information content (AvgIpc) is 2.87. The summed E-state index contributed by atoms with van der Waals surface area (Å²) < 4.78 is 16.1. The summed E-state index contributed by atoms with van der Waals surface area (Å²) in [4.78, 5) is 26.8. The second-order valence-electron chi connectivity index (χ2n) is 7.94. The van der Waals surface area contributed by atoms with E-state index in [1.807, 2.05) is 30.3 Å². The van der Waals surface area contributed by atoms with Crippen molar-refractivity contribution >= 4 is 11.8 Å². The highest BCUT2D eigenvalue weighted by Gasteiger charge is 2.27. The molecule has 0 spiro atoms. The molecule has 2 amide bonds. The van der Waals surface area contributed by atoms with Gasteiger partial charge < -0.3 is 29.5 Å². The van der Waals surface area contributed by atoms with E-state index in [9.17, 15) is 14.7 Å². The second-order valence-corrected chi connectivity index (χ2v) is 7.94. The average molecular weight is 457 g/mol. The minimum Gasteiger partial charge on any atom is -0.497 e. The Morgan fingerprint density at radius 3 is 2.45 bits per heavy atom. The van der Waals surface area contributed by atoms with Gasteiger partial charge in [-0.3, -0.25) is 9.59 Å². The van der Waals surface area contributed by atoms with Crippen molar-refractivity contribution in [3.8, 4) is 17.2 Å². The first-order valence-electron chi connectivity index (χ1n) is 11.1. The largest absolute Gasteiger partial charge is 0.497 e. The molecular weight excluding hydrogens is 424 g/mol. The number of benzene rings is 2. The summed E-state index contributed by atoms with van der Waals surface area (Å²) >= 11 is 0. The Hall–Kier alpha value is -3.26. The van der Waals surface area contributed by atoms with Gasteiger partial charge in [0.2, 0.25) is 11.8 Å². The SMILES string of the molecule is COc1ccc(OC)c(C(O)CNC(=O)C2CCN(C(=O)CCOc3ccccc3)CC2)c1. The Balaban J connectivity index is 1.40. The molecule has 1 fully saturated rings. The molecule has 178 valence electrons. The van der Waals surface area contributed by atoms with Gasteiger partial charge in [0.25, 0.3) is 0 Å². The molecule has 0 aliphatic carbocycles. The van der Waals surface area contributed by atoms with Crippen molar-refractivity contribution in [3.63, 3.8) is 0 Å². The van der Waals surface area contributed by atoms with Crippen LogP contribution in [0.15, 0.2) is 48.5 Å². The molecule has 33 heavy (non-hydrogen) atoms. The van der Waals surface area contributed by atoms with Crippen LogP contribution in [0.25, 0.3) is 0 Å². The number of aliphatic hydroxyl groups is 1. The number of rotatable bonds is 10. The Morgan fingerprint density at radius 2 is 1.79 bits per heavy atom. The van der Waals surface area contributed by atoms with Crippen molar-refractivity contribution in [2.24, 2.45) is 5.92 Å². The summed E-state index contributed by atoms with van der Waals surface area (Å²) in [6, 6.07) is 14.6. The van der Waals surface area contributed by atoms with Crippen molar-refractivity contribution in [1.82, 2.24) is 10.2 Å². The number of likely N-dealkylation sites (tertiary alicyclic amines) is 1. The summed E-state index contributed by atoms with van der Waals surface area (Å²) in [7, 11) is 3.08. The zero-order valence-corrected chi connectivity index (χ0v) is 19.2. The van der Waals surface area contributed by atoms with Gasteiger partial charge in [0.1, 0.15) is 17.2 Å². The van der Waals surface area contributed by atoms with Crippen LogP contribution in [-0.4, -0.2) is 62.3 Å². The van der Waals surface area contributed by atoms with Crippen LogP contribution in [0.2, 0.25) is 0 Å². The molecule has 1 atom stereocenters. The van der Waals surface area contributed by atoms with Crippen LogP contribution in [-0.2, 0) is 9.59 Å². The molecule has 1 aliphatic heterocycles. The lowest BCUT2D eigenvalue weighted by atomic mass is 9.95. The number of methoxy groups -OCH3 is 2. The van der Waals surface area contributed by atoms with Gasteiger partial charge in [-0.15, -0.1) is 0 Å². The molecule has 2 aromatic rings. The smallest absolute Gasteiger partial charge is 0.225 e. The maximum Gasteiger partial charge on any atom is 0.225 e. The number of amides is 2. The summed E-state index contributed by atoms with van der Waals surface area (Å²) in [5.41, 5.74) is 0.551. The third-order valence-corrected chi connectivity index (χ3v) is 5.81. The zero-order valence-electron chi connectivity index (χ0n) is 19.2. The van der Waals surface area contributed by atoms with Crippen molar-refractivity contribution < 1.29 is 28.9 Å². The van der Waals surface area contributed by atoms with Crippen molar-refractivity contribution in [2.75, 3.05) is 40.5 Å². The maximum atomic E-state index is 12.6. The number of para-hydroxylation sites is 1. The minimum atomic E-state index is -0.926. The van der Waals surface area contributed by atoms with Crippen LogP contribution in [0, 0.1) is 5.92 Å². The van der Waals surface area contributed by atoms with Gasteiger partial charge in [0, 0.05) is 31.1 Å². The van der Waals surface area contributed by atoms with Gasteiger partial charge in [-0.25, -0.2) is 0 Å². The predicted octanol–water partition coefficient (Wildman–Crippen LogP) is 2.56. The molecule has 1 unspecified atom stereocenters. The third kappa shape index (κ3) is 6.86. The van der Waals surface area contributed by atoms with Crippen LogP contribution < -0.4 is 19.5 Å². The topological polar surface area (TPSA) is 97.3 Å². The van der Waals surface area contributed by atoms with Crippen molar-refractivity contribution in [2.45, 2.75) is 25.4 Å². The van der Waals surface area contributed by atoms with Gasteiger partial charge in [-0.05, 0) is 43.2 Å². The Labute approximate surface area is 194 Å². The molecule has 0 aromatic heterocycles. The molecule has 0 radical (unpaired) electrons. The van der Waals surface area contributed by atoms with Crippen LogP contribution in [0.5, 0.6) is 17.2 Å². The lowest BCUT2D eigenvalue weighted by molar-refractivity contribution is -0.136. The standard InChI is InChI=1S/C25H32N2O6/c1-31-20-8-9-23(32-2)21(16-20)22(28)17-26-25(30)18-10-13-27(14-11-18)24(29)12-15-33-19-6-4-3-5-7-19/h3-9,16,18,22,28H,10-15,17H2,1-2H3,(H,26,30). The van der Waals surface area contributed by atoms with E-state index >= 15 is 0 Å². The normalized spacial score (nSPS) is 14.9. The molecule has 3 rings (SSSR count). The van der Waals surface area contributed by atoms with E-state index in [0.717, 1.165) is 5.75 Å². The maximum absolute atomic E-state index is 12.6.